The van der Waals surface area contributed by atoms with Crippen molar-refractivity contribution < 1.29 is 23.8 Å². The van der Waals surface area contributed by atoms with E-state index < -0.39 is 17.9 Å². The molecule has 2 aromatic carbocycles. The highest BCUT2D eigenvalue weighted by Crippen LogP contribution is 2.26. The van der Waals surface area contributed by atoms with E-state index in [1.54, 1.807) is 33.1 Å². The standard InChI is InChI=1S/C18H20O5/c1-4-22-17(19)16(18(20)23-5-2)14-7-6-13-11-15(21-3)9-8-12(13)10-14/h6-11,16H,4-5H2,1-3H3. The van der Waals surface area contributed by atoms with Crippen LogP contribution in [0.25, 0.3) is 10.8 Å². The number of methoxy groups -OCH3 is 1. The number of carbonyl (C=O) groups is 2. The summed E-state index contributed by atoms with van der Waals surface area (Å²) in [6, 6.07) is 11.0. The van der Waals surface area contributed by atoms with Gasteiger partial charge < -0.3 is 14.2 Å². The molecular weight excluding hydrogens is 296 g/mol. The molecule has 0 atom stereocenters. The highest BCUT2D eigenvalue weighted by Gasteiger charge is 2.31. The van der Waals surface area contributed by atoms with E-state index in [2.05, 4.69) is 0 Å². The molecule has 0 aromatic heterocycles. The summed E-state index contributed by atoms with van der Waals surface area (Å²) < 4.78 is 15.2. The Bertz CT molecular complexity index is 690. The van der Waals surface area contributed by atoms with Crippen LogP contribution >= 0.6 is 0 Å². The Hall–Kier alpha value is -2.56. The van der Waals surface area contributed by atoms with E-state index in [1.807, 2.05) is 24.3 Å². The molecule has 122 valence electrons. The van der Waals surface area contributed by atoms with Crippen molar-refractivity contribution in [2.75, 3.05) is 20.3 Å². The maximum atomic E-state index is 12.2. The minimum atomic E-state index is -1.07. The van der Waals surface area contributed by atoms with Gasteiger partial charge in [-0.1, -0.05) is 18.2 Å². The van der Waals surface area contributed by atoms with Gasteiger partial charge in [-0.25, -0.2) is 0 Å². The van der Waals surface area contributed by atoms with Crippen LogP contribution in [-0.4, -0.2) is 32.3 Å². The summed E-state index contributed by atoms with van der Waals surface area (Å²) in [6.45, 7) is 3.82. The Kier molecular flexibility index (Phi) is 5.57. The van der Waals surface area contributed by atoms with Crippen LogP contribution in [0.4, 0.5) is 0 Å². The smallest absolute Gasteiger partial charge is 0.324 e. The van der Waals surface area contributed by atoms with Crippen LogP contribution in [0.3, 0.4) is 0 Å². The van der Waals surface area contributed by atoms with E-state index in [0.29, 0.717) is 5.56 Å². The molecule has 0 heterocycles. The average molecular weight is 316 g/mol. The van der Waals surface area contributed by atoms with E-state index in [1.165, 1.54) is 0 Å². The zero-order valence-electron chi connectivity index (χ0n) is 13.5. The number of fused-ring (bicyclic) bond motifs is 1. The molecule has 0 aliphatic rings. The van der Waals surface area contributed by atoms with Crippen LogP contribution in [0, 0.1) is 0 Å². The molecule has 0 unspecified atom stereocenters. The normalized spacial score (nSPS) is 10.6. The Morgan fingerprint density at radius 1 is 0.913 bits per heavy atom. The minimum absolute atomic E-state index is 0.208. The van der Waals surface area contributed by atoms with Gasteiger partial charge in [0.25, 0.3) is 0 Å². The van der Waals surface area contributed by atoms with Gasteiger partial charge in [-0.15, -0.1) is 0 Å². The van der Waals surface area contributed by atoms with Gasteiger partial charge >= 0.3 is 11.9 Å². The summed E-state index contributed by atoms with van der Waals surface area (Å²) in [4.78, 5) is 24.3. The van der Waals surface area contributed by atoms with Crippen molar-refractivity contribution in [3.05, 3.63) is 42.0 Å². The van der Waals surface area contributed by atoms with Crippen LogP contribution in [0.1, 0.15) is 25.3 Å². The number of hydrogen-bond acceptors (Lipinski definition) is 5. The summed E-state index contributed by atoms with van der Waals surface area (Å²) in [5, 5.41) is 1.86. The summed E-state index contributed by atoms with van der Waals surface area (Å²) in [7, 11) is 1.60. The van der Waals surface area contributed by atoms with E-state index in [-0.39, 0.29) is 13.2 Å². The molecule has 2 aromatic rings. The Labute approximate surface area is 135 Å². The fourth-order valence-electron chi connectivity index (χ4n) is 2.37. The Morgan fingerprint density at radius 2 is 1.48 bits per heavy atom. The van der Waals surface area contributed by atoms with Gasteiger partial charge in [0.15, 0.2) is 5.92 Å². The first-order valence-electron chi connectivity index (χ1n) is 7.51. The van der Waals surface area contributed by atoms with Crippen molar-refractivity contribution in [1.29, 1.82) is 0 Å². The molecule has 5 heteroatoms. The predicted octanol–water partition coefficient (Wildman–Crippen LogP) is 3.06. The lowest BCUT2D eigenvalue weighted by molar-refractivity contribution is -0.156. The highest BCUT2D eigenvalue weighted by atomic mass is 16.6. The molecule has 5 nitrogen and oxygen atoms in total. The molecule has 23 heavy (non-hydrogen) atoms. The number of carbonyl (C=O) groups excluding carboxylic acids is 2. The van der Waals surface area contributed by atoms with Crippen molar-refractivity contribution in [3.8, 4) is 5.75 Å². The molecule has 0 amide bonds. The molecule has 0 aliphatic heterocycles. The summed E-state index contributed by atoms with van der Waals surface area (Å²) in [6.07, 6.45) is 0. The second kappa shape index (κ2) is 7.63. The van der Waals surface area contributed by atoms with Gasteiger partial charge in [-0.2, -0.15) is 0 Å². The van der Waals surface area contributed by atoms with Crippen LogP contribution in [0.2, 0.25) is 0 Å². The molecule has 0 bridgehead atoms. The SMILES string of the molecule is CCOC(=O)C(C(=O)OCC)c1ccc2cc(OC)ccc2c1. The van der Waals surface area contributed by atoms with Gasteiger partial charge in [-0.3, -0.25) is 9.59 Å². The fraction of sp³-hybridized carbons (Fsp3) is 0.333. The Balaban J connectivity index is 2.43. The Morgan fingerprint density at radius 3 is 2.04 bits per heavy atom. The molecule has 0 spiro atoms. The first-order valence-corrected chi connectivity index (χ1v) is 7.51. The number of hydrogen-bond donors (Lipinski definition) is 0. The van der Waals surface area contributed by atoms with Crippen LogP contribution in [-0.2, 0) is 19.1 Å². The molecule has 0 N–H and O–H groups in total. The third kappa shape index (κ3) is 3.80. The molecule has 0 fully saturated rings. The predicted molar refractivity (Wildman–Crippen MR) is 86.5 cm³/mol. The van der Waals surface area contributed by atoms with Crippen molar-refractivity contribution in [3.63, 3.8) is 0 Å². The number of rotatable bonds is 6. The second-order valence-electron chi connectivity index (χ2n) is 4.91. The maximum absolute atomic E-state index is 12.2. The maximum Gasteiger partial charge on any atom is 0.324 e. The lowest BCUT2D eigenvalue weighted by atomic mass is 9.96. The molecule has 2 rings (SSSR count). The van der Waals surface area contributed by atoms with Gasteiger partial charge in [-0.05, 0) is 48.4 Å². The van der Waals surface area contributed by atoms with E-state index >= 15 is 0 Å². The van der Waals surface area contributed by atoms with Gasteiger partial charge in [0.2, 0.25) is 0 Å². The van der Waals surface area contributed by atoms with Crippen molar-refractivity contribution >= 4 is 22.7 Å². The van der Waals surface area contributed by atoms with E-state index in [0.717, 1.165) is 16.5 Å². The third-order valence-corrected chi connectivity index (χ3v) is 3.45. The molecule has 0 radical (unpaired) electrons. The van der Waals surface area contributed by atoms with Crippen molar-refractivity contribution in [2.24, 2.45) is 0 Å². The van der Waals surface area contributed by atoms with Gasteiger partial charge in [0.1, 0.15) is 5.75 Å². The lowest BCUT2D eigenvalue weighted by Gasteiger charge is -2.15. The minimum Gasteiger partial charge on any atom is -0.497 e. The molecule has 0 saturated carbocycles. The zero-order chi connectivity index (χ0) is 16.8. The van der Waals surface area contributed by atoms with Crippen LogP contribution in [0.5, 0.6) is 5.75 Å². The van der Waals surface area contributed by atoms with Crippen LogP contribution < -0.4 is 4.74 Å². The molecule has 0 aliphatic carbocycles. The highest BCUT2D eigenvalue weighted by molar-refractivity contribution is 6.01. The van der Waals surface area contributed by atoms with Crippen molar-refractivity contribution in [1.82, 2.24) is 0 Å². The number of esters is 2. The first kappa shape index (κ1) is 16.8. The van der Waals surface area contributed by atoms with E-state index in [4.69, 9.17) is 14.2 Å². The van der Waals surface area contributed by atoms with Gasteiger partial charge in [0.05, 0.1) is 20.3 Å². The summed E-state index contributed by atoms with van der Waals surface area (Å²) in [5.74, 6) is -1.52. The third-order valence-electron chi connectivity index (χ3n) is 3.45. The quantitative estimate of drug-likeness (QED) is 0.605. The number of benzene rings is 2. The average Bonchev–Trinajstić information content (AvgIpc) is 2.55. The zero-order valence-corrected chi connectivity index (χ0v) is 13.5. The monoisotopic (exact) mass is 316 g/mol. The van der Waals surface area contributed by atoms with Crippen LogP contribution in [0.15, 0.2) is 36.4 Å². The lowest BCUT2D eigenvalue weighted by Crippen LogP contribution is -2.26. The van der Waals surface area contributed by atoms with Crippen molar-refractivity contribution in [2.45, 2.75) is 19.8 Å². The number of ether oxygens (including phenoxy) is 3. The molecular formula is C18H20O5. The topological polar surface area (TPSA) is 61.8 Å². The first-order chi connectivity index (χ1) is 11.1. The summed E-state index contributed by atoms with van der Waals surface area (Å²) >= 11 is 0. The fourth-order valence-corrected chi connectivity index (χ4v) is 2.37. The van der Waals surface area contributed by atoms with Gasteiger partial charge in [0, 0.05) is 0 Å². The largest absolute Gasteiger partial charge is 0.497 e. The molecule has 0 saturated heterocycles. The van der Waals surface area contributed by atoms with E-state index in [9.17, 15) is 9.59 Å². The second-order valence-corrected chi connectivity index (χ2v) is 4.91. The summed E-state index contributed by atoms with van der Waals surface area (Å²) in [5.41, 5.74) is 0.555.